The number of carboxylic acids is 1. The molecule has 0 aliphatic carbocycles. The number of anilines is 1. The van der Waals surface area contributed by atoms with Crippen LogP contribution in [0.5, 0.6) is 5.75 Å². The van der Waals surface area contributed by atoms with Gasteiger partial charge in [-0.1, -0.05) is 12.1 Å². The summed E-state index contributed by atoms with van der Waals surface area (Å²) in [5.41, 5.74) is 0.342. The Morgan fingerprint density at radius 3 is 2.71 bits per heavy atom. The Labute approximate surface area is 124 Å². The number of para-hydroxylation sites is 1. The van der Waals surface area contributed by atoms with E-state index in [9.17, 15) is 9.59 Å². The molecule has 106 valence electrons. The van der Waals surface area contributed by atoms with Crippen LogP contribution >= 0.6 is 11.3 Å². The number of benzene rings is 1. The van der Waals surface area contributed by atoms with E-state index in [2.05, 4.69) is 5.32 Å². The summed E-state index contributed by atoms with van der Waals surface area (Å²) < 4.78 is 5.27. The van der Waals surface area contributed by atoms with Crippen molar-refractivity contribution >= 4 is 28.2 Å². The second-order valence-electron chi connectivity index (χ2n) is 3.91. The fourth-order valence-electron chi connectivity index (χ4n) is 1.52. The molecule has 1 amide bonds. The largest absolute Gasteiger partial charge is 0.482 e. The molecule has 0 bridgehead atoms. The molecule has 0 atom stereocenters. The Kier molecular flexibility index (Phi) is 4.53. The molecule has 7 heteroatoms. The first-order chi connectivity index (χ1) is 10.1. The van der Waals surface area contributed by atoms with Crippen LogP contribution in [0.2, 0.25) is 0 Å². The van der Waals surface area contributed by atoms with Gasteiger partial charge < -0.3 is 15.2 Å². The van der Waals surface area contributed by atoms with Crippen LogP contribution in [0.3, 0.4) is 0 Å². The normalized spacial score (nSPS) is 9.67. The molecular formula is C14H10N2O4S. The molecule has 0 saturated carbocycles. The third-order valence-corrected chi connectivity index (χ3v) is 3.43. The zero-order valence-electron chi connectivity index (χ0n) is 10.7. The standard InChI is InChI=1S/C14H10N2O4S/c15-7-9-3-1-2-4-10(9)20-8-12(17)16-13-6-5-11(21-13)14(18)19/h1-6H,8H2,(H,16,17)(H,18,19). The lowest BCUT2D eigenvalue weighted by atomic mass is 10.2. The number of nitrogens with zero attached hydrogens (tertiary/aromatic N) is 1. The minimum Gasteiger partial charge on any atom is -0.482 e. The predicted molar refractivity (Wildman–Crippen MR) is 76.6 cm³/mol. The van der Waals surface area contributed by atoms with Gasteiger partial charge in [-0.3, -0.25) is 4.79 Å². The van der Waals surface area contributed by atoms with Crippen molar-refractivity contribution in [1.82, 2.24) is 0 Å². The summed E-state index contributed by atoms with van der Waals surface area (Å²) in [6.45, 7) is -0.265. The summed E-state index contributed by atoms with van der Waals surface area (Å²) in [5, 5.41) is 20.6. The fourth-order valence-corrected chi connectivity index (χ4v) is 2.28. The molecule has 2 rings (SSSR count). The topological polar surface area (TPSA) is 99.4 Å². The summed E-state index contributed by atoms with van der Waals surface area (Å²) in [6, 6.07) is 11.5. The van der Waals surface area contributed by atoms with E-state index in [4.69, 9.17) is 15.1 Å². The number of carbonyl (C=O) groups excluding carboxylic acids is 1. The van der Waals surface area contributed by atoms with Crippen molar-refractivity contribution in [2.24, 2.45) is 0 Å². The Bertz CT molecular complexity index is 718. The quantitative estimate of drug-likeness (QED) is 0.883. The van der Waals surface area contributed by atoms with E-state index in [1.54, 1.807) is 24.3 Å². The van der Waals surface area contributed by atoms with Crippen LogP contribution in [-0.4, -0.2) is 23.6 Å². The summed E-state index contributed by atoms with van der Waals surface area (Å²) in [5.74, 6) is -1.14. The van der Waals surface area contributed by atoms with E-state index in [1.807, 2.05) is 6.07 Å². The fraction of sp³-hybridized carbons (Fsp3) is 0.0714. The number of ether oxygens (including phenoxy) is 1. The molecule has 1 aromatic heterocycles. The van der Waals surface area contributed by atoms with E-state index in [0.29, 0.717) is 16.3 Å². The van der Waals surface area contributed by atoms with Gasteiger partial charge in [-0.25, -0.2) is 4.79 Å². The lowest BCUT2D eigenvalue weighted by molar-refractivity contribution is -0.118. The van der Waals surface area contributed by atoms with Crippen LogP contribution in [0.4, 0.5) is 5.00 Å². The maximum atomic E-state index is 11.7. The van der Waals surface area contributed by atoms with Gasteiger partial charge in [0.05, 0.1) is 10.6 Å². The lowest BCUT2D eigenvalue weighted by Crippen LogP contribution is -2.19. The minimum absolute atomic E-state index is 0.140. The number of nitrogens with one attached hydrogen (secondary N) is 1. The van der Waals surface area contributed by atoms with E-state index >= 15 is 0 Å². The van der Waals surface area contributed by atoms with Gasteiger partial charge in [0, 0.05) is 0 Å². The van der Waals surface area contributed by atoms with E-state index in [1.165, 1.54) is 12.1 Å². The number of aromatic carboxylic acids is 1. The minimum atomic E-state index is -1.04. The highest BCUT2D eigenvalue weighted by molar-refractivity contribution is 7.18. The molecule has 2 aromatic rings. The van der Waals surface area contributed by atoms with Crippen molar-refractivity contribution in [2.75, 3.05) is 11.9 Å². The molecular weight excluding hydrogens is 292 g/mol. The Balaban J connectivity index is 1.93. The molecule has 0 unspecified atom stereocenters. The number of thiophene rings is 1. The molecule has 1 heterocycles. The highest BCUT2D eigenvalue weighted by Gasteiger charge is 2.10. The van der Waals surface area contributed by atoms with Crippen LogP contribution in [0.15, 0.2) is 36.4 Å². The first-order valence-corrected chi connectivity index (χ1v) is 6.66. The van der Waals surface area contributed by atoms with Gasteiger partial charge >= 0.3 is 5.97 Å². The van der Waals surface area contributed by atoms with Crippen LogP contribution in [0.1, 0.15) is 15.2 Å². The van der Waals surface area contributed by atoms with E-state index < -0.39 is 11.9 Å². The van der Waals surface area contributed by atoms with Gasteiger partial charge in [0.2, 0.25) is 0 Å². The predicted octanol–water partition coefficient (Wildman–Crippen LogP) is 2.34. The van der Waals surface area contributed by atoms with Crippen molar-refractivity contribution in [1.29, 1.82) is 5.26 Å². The number of rotatable bonds is 5. The van der Waals surface area contributed by atoms with Crippen molar-refractivity contribution in [3.63, 3.8) is 0 Å². The summed E-state index contributed by atoms with van der Waals surface area (Å²) in [6.07, 6.45) is 0. The summed E-state index contributed by atoms with van der Waals surface area (Å²) in [7, 11) is 0. The first kappa shape index (κ1) is 14.6. The maximum absolute atomic E-state index is 11.7. The monoisotopic (exact) mass is 302 g/mol. The smallest absolute Gasteiger partial charge is 0.345 e. The number of amides is 1. The van der Waals surface area contributed by atoms with Crippen molar-refractivity contribution in [2.45, 2.75) is 0 Å². The van der Waals surface area contributed by atoms with Gasteiger partial charge in [-0.15, -0.1) is 11.3 Å². The summed E-state index contributed by atoms with van der Waals surface area (Å²) in [4.78, 5) is 22.6. The Hall–Kier alpha value is -2.85. The molecule has 0 radical (unpaired) electrons. The zero-order valence-corrected chi connectivity index (χ0v) is 11.5. The number of hydrogen-bond donors (Lipinski definition) is 2. The molecule has 1 aromatic carbocycles. The highest BCUT2D eigenvalue weighted by Crippen LogP contribution is 2.22. The van der Waals surface area contributed by atoms with Crippen molar-refractivity contribution in [3.8, 4) is 11.8 Å². The molecule has 0 fully saturated rings. The first-order valence-electron chi connectivity index (χ1n) is 5.85. The number of hydrogen-bond acceptors (Lipinski definition) is 5. The van der Waals surface area contributed by atoms with Gasteiger partial charge in [0.25, 0.3) is 5.91 Å². The number of carbonyl (C=O) groups is 2. The molecule has 21 heavy (non-hydrogen) atoms. The molecule has 0 spiro atoms. The van der Waals surface area contributed by atoms with Crippen molar-refractivity contribution < 1.29 is 19.4 Å². The molecule has 0 saturated heterocycles. The van der Waals surface area contributed by atoms with Crippen LogP contribution in [0, 0.1) is 11.3 Å². The van der Waals surface area contributed by atoms with Crippen LogP contribution in [0.25, 0.3) is 0 Å². The van der Waals surface area contributed by atoms with Gasteiger partial charge in [0.1, 0.15) is 16.7 Å². The van der Waals surface area contributed by atoms with E-state index in [0.717, 1.165) is 11.3 Å². The maximum Gasteiger partial charge on any atom is 0.345 e. The average molecular weight is 302 g/mol. The third kappa shape index (κ3) is 3.81. The van der Waals surface area contributed by atoms with E-state index in [-0.39, 0.29) is 11.5 Å². The van der Waals surface area contributed by atoms with Crippen LogP contribution in [-0.2, 0) is 4.79 Å². The van der Waals surface area contributed by atoms with Gasteiger partial charge in [-0.05, 0) is 24.3 Å². The zero-order chi connectivity index (χ0) is 15.2. The van der Waals surface area contributed by atoms with Crippen LogP contribution < -0.4 is 10.1 Å². The lowest BCUT2D eigenvalue weighted by Gasteiger charge is -2.07. The Morgan fingerprint density at radius 1 is 1.29 bits per heavy atom. The molecule has 0 aliphatic heterocycles. The average Bonchev–Trinajstić information content (AvgIpc) is 2.94. The number of carboxylic acid groups (broad SMARTS) is 1. The SMILES string of the molecule is N#Cc1ccccc1OCC(=O)Nc1ccc(C(=O)O)s1. The second kappa shape index (κ2) is 6.54. The van der Waals surface area contributed by atoms with Gasteiger partial charge in [-0.2, -0.15) is 5.26 Å². The Morgan fingerprint density at radius 2 is 2.05 bits per heavy atom. The summed E-state index contributed by atoms with van der Waals surface area (Å²) >= 11 is 0.959. The second-order valence-corrected chi connectivity index (χ2v) is 5.00. The third-order valence-electron chi connectivity index (χ3n) is 2.45. The molecule has 2 N–H and O–H groups in total. The van der Waals surface area contributed by atoms with Gasteiger partial charge in [0.15, 0.2) is 6.61 Å². The van der Waals surface area contributed by atoms with Crippen molar-refractivity contribution in [3.05, 3.63) is 46.8 Å². The highest BCUT2D eigenvalue weighted by atomic mass is 32.1. The number of nitriles is 1. The molecule has 6 nitrogen and oxygen atoms in total. The molecule has 0 aliphatic rings.